The van der Waals surface area contributed by atoms with Crippen molar-refractivity contribution in [2.75, 3.05) is 20.3 Å². The normalized spacial score (nSPS) is 17.1. The second kappa shape index (κ2) is 5.07. The van der Waals surface area contributed by atoms with Crippen LogP contribution in [-0.4, -0.2) is 31.5 Å². The second-order valence-electron chi connectivity index (χ2n) is 3.76. The molecule has 0 atom stereocenters. The van der Waals surface area contributed by atoms with Crippen molar-refractivity contribution in [2.45, 2.75) is 18.9 Å². The van der Waals surface area contributed by atoms with E-state index in [0.717, 1.165) is 26.1 Å². The monoisotopic (exact) mass is 224 g/mol. The summed E-state index contributed by atoms with van der Waals surface area (Å²) < 4.78 is 16.2. The van der Waals surface area contributed by atoms with E-state index in [4.69, 9.17) is 14.2 Å². The molecule has 0 unspecified atom stereocenters. The Kier molecular flexibility index (Phi) is 3.51. The summed E-state index contributed by atoms with van der Waals surface area (Å²) in [6, 6.07) is 4.87. The lowest BCUT2D eigenvalue weighted by molar-refractivity contribution is 0.0245. The maximum absolute atomic E-state index is 9.32. The zero-order chi connectivity index (χ0) is 11.4. The molecule has 1 aromatic rings. The van der Waals surface area contributed by atoms with Gasteiger partial charge in [0.2, 0.25) is 0 Å². The molecule has 1 saturated heterocycles. The third-order valence-electron chi connectivity index (χ3n) is 2.61. The molecule has 16 heavy (non-hydrogen) atoms. The molecule has 1 heterocycles. The lowest BCUT2D eigenvalue weighted by atomic mass is 10.1. The molecule has 0 radical (unpaired) electrons. The lowest BCUT2D eigenvalue weighted by Gasteiger charge is -2.24. The Balaban J connectivity index is 2.07. The zero-order valence-corrected chi connectivity index (χ0v) is 9.31. The third-order valence-corrected chi connectivity index (χ3v) is 2.61. The van der Waals surface area contributed by atoms with E-state index < -0.39 is 0 Å². The number of phenols is 1. The fourth-order valence-corrected chi connectivity index (χ4v) is 1.73. The zero-order valence-electron chi connectivity index (χ0n) is 9.31. The number of hydrogen-bond acceptors (Lipinski definition) is 4. The Labute approximate surface area is 94.8 Å². The number of rotatable bonds is 3. The molecule has 0 amide bonds. The molecule has 4 heteroatoms. The molecule has 2 rings (SSSR count). The summed E-state index contributed by atoms with van der Waals surface area (Å²) in [4.78, 5) is 0. The van der Waals surface area contributed by atoms with Crippen LogP contribution in [-0.2, 0) is 4.74 Å². The van der Waals surface area contributed by atoms with E-state index in [1.165, 1.54) is 0 Å². The number of ether oxygens (including phenoxy) is 3. The van der Waals surface area contributed by atoms with Crippen LogP contribution in [0.1, 0.15) is 12.8 Å². The predicted octanol–water partition coefficient (Wildman–Crippen LogP) is 1.96. The average molecular weight is 224 g/mol. The molecule has 1 aromatic carbocycles. The summed E-state index contributed by atoms with van der Waals surface area (Å²) in [5, 5.41) is 9.32. The van der Waals surface area contributed by atoms with Gasteiger partial charge in [0.1, 0.15) is 11.9 Å². The highest BCUT2D eigenvalue weighted by Crippen LogP contribution is 2.32. The summed E-state index contributed by atoms with van der Waals surface area (Å²) in [6.45, 7) is 1.48. The SMILES string of the molecule is COc1cc(O)ccc1OC1CCOCC1. The van der Waals surface area contributed by atoms with Crippen molar-refractivity contribution in [1.29, 1.82) is 0 Å². The van der Waals surface area contributed by atoms with Crippen LogP contribution in [0.4, 0.5) is 0 Å². The standard InChI is InChI=1S/C12H16O4/c1-14-12-8-9(13)2-3-11(12)16-10-4-6-15-7-5-10/h2-3,8,10,13H,4-7H2,1H3. The van der Waals surface area contributed by atoms with Gasteiger partial charge in [0.05, 0.1) is 20.3 Å². The minimum atomic E-state index is 0.173. The first kappa shape index (κ1) is 11.1. The summed E-state index contributed by atoms with van der Waals surface area (Å²) in [5.74, 6) is 1.41. The molecule has 0 bridgehead atoms. The van der Waals surface area contributed by atoms with E-state index in [-0.39, 0.29) is 11.9 Å². The van der Waals surface area contributed by atoms with Crippen LogP contribution in [0.15, 0.2) is 18.2 Å². The first-order valence-corrected chi connectivity index (χ1v) is 5.41. The molecule has 88 valence electrons. The van der Waals surface area contributed by atoms with Gasteiger partial charge in [-0.25, -0.2) is 0 Å². The van der Waals surface area contributed by atoms with Crippen molar-refractivity contribution in [3.8, 4) is 17.2 Å². The van der Waals surface area contributed by atoms with Crippen molar-refractivity contribution < 1.29 is 19.3 Å². The molecular weight excluding hydrogens is 208 g/mol. The minimum absolute atomic E-state index is 0.173. The minimum Gasteiger partial charge on any atom is -0.508 e. The number of benzene rings is 1. The third kappa shape index (κ3) is 2.58. The van der Waals surface area contributed by atoms with Gasteiger partial charge in [-0.1, -0.05) is 0 Å². The molecule has 0 spiro atoms. The molecule has 0 saturated carbocycles. The smallest absolute Gasteiger partial charge is 0.164 e. The Hall–Kier alpha value is -1.42. The molecule has 1 aliphatic rings. The van der Waals surface area contributed by atoms with Crippen molar-refractivity contribution in [3.63, 3.8) is 0 Å². The van der Waals surface area contributed by atoms with Gasteiger partial charge in [0.15, 0.2) is 11.5 Å². The molecule has 1 fully saturated rings. The van der Waals surface area contributed by atoms with Crippen LogP contribution in [0.2, 0.25) is 0 Å². The van der Waals surface area contributed by atoms with Crippen LogP contribution in [0.3, 0.4) is 0 Å². The van der Waals surface area contributed by atoms with Gasteiger partial charge in [-0.05, 0) is 12.1 Å². The van der Waals surface area contributed by atoms with Gasteiger partial charge in [0.25, 0.3) is 0 Å². The molecule has 4 nitrogen and oxygen atoms in total. The maximum atomic E-state index is 9.32. The Bertz CT molecular complexity index is 345. The quantitative estimate of drug-likeness (QED) is 0.852. The lowest BCUT2D eigenvalue weighted by Crippen LogP contribution is -2.26. The van der Waals surface area contributed by atoms with Crippen LogP contribution >= 0.6 is 0 Å². The Morgan fingerprint density at radius 2 is 2.00 bits per heavy atom. The molecule has 0 aromatic heterocycles. The first-order chi connectivity index (χ1) is 7.79. The first-order valence-electron chi connectivity index (χ1n) is 5.41. The van der Waals surface area contributed by atoms with Crippen molar-refractivity contribution >= 4 is 0 Å². The van der Waals surface area contributed by atoms with E-state index in [2.05, 4.69) is 0 Å². The fraction of sp³-hybridized carbons (Fsp3) is 0.500. The Morgan fingerprint density at radius 1 is 1.25 bits per heavy atom. The Morgan fingerprint density at radius 3 is 2.69 bits per heavy atom. The second-order valence-corrected chi connectivity index (χ2v) is 3.76. The van der Waals surface area contributed by atoms with Crippen LogP contribution in [0, 0.1) is 0 Å². The number of phenolic OH excluding ortho intramolecular Hbond substituents is 1. The van der Waals surface area contributed by atoms with Crippen LogP contribution in [0.5, 0.6) is 17.2 Å². The van der Waals surface area contributed by atoms with Crippen molar-refractivity contribution in [1.82, 2.24) is 0 Å². The van der Waals surface area contributed by atoms with Crippen molar-refractivity contribution in [2.24, 2.45) is 0 Å². The predicted molar refractivity (Wildman–Crippen MR) is 59.1 cm³/mol. The van der Waals surface area contributed by atoms with Gasteiger partial charge >= 0.3 is 0 Å². The van der Waals surface area contributed by atoms with E-state index in [1.807, 2.05) is 0 Å². The average Bonchev–Trinajstić information content (AvgIpc) is 2.33. The number of hydrogen-bond donors (Lipinski definition) is 1. The van der Waals surface area contributed by atoms with Gasteiger partial charge < -0.3 is 19.3 Å². The largest absolute Gasteiger partial charge is 0.508 e. The molecule has 1 aliphatic heterocycles. The van der Waals surface area contributed by atoms with Gasteiger partial charge in [-0.2, -0.15) is 0 Å². The van der Waals surface area contributed by atoms with Crippen LogP contribution in [0.25, 0.3) is 0 Å². The topological polar surface area (TPSA) is 47.9 Å². The molecule has 1 N–H and O–H groups in total. The van der Waals surface area contributed by atoms with E-state index >= 15 is 0 Å². The molecule has 0 aliphatic carbocycles. The summed E-state index contributed by atoms with van der Waals surface area (Å²) in [5.41, 5.74) is 0. The molecular formula is C12H16O4. The van der Waals surface area contributed by atoms with E-state index in [1.54, 1.807) is 25.3 Å². The summed E-state index contributed by atoms with van der Waals surface area (Å²) >= 11 is 0. The van der Waals surface area contributed by atoms with E-state index in [0.29, 0.717) is 11.5 Å². The van der Waals surface area contributed by atoms with Gasteiger partial charge in [-0.15, -0.1) is 0 Å². The highest BCUT2D eigenvalue weighted by molar-refractivity contribution is 5.45. The van der Waals surface area contributed by atoms with Gasteiger partial charge in [0, 0.05) is 18.9 Å². The highest BCUT2D eigenvalue weighted by atomic mass is 16.5. The van der Waals surface area contributed by atoms with Gasteiger partial charge in [-0.3, -0.25) is 0 Å². The highest BCUT2D eigenvalue weighted by Gasteiger charge is 2.17. The fourth-order valence-electron chi connectivity index (χ4n) is 1.73. The summed E-state index contributed by atoms with van der Waals surface area (Å²) in [7, 11) is 1.56. The number of aromatic hydroxyl groups is 1. The summed E-state index contributed by atoms with van der Waals surface area (Å²) in [6.07, 6.45) is 1.96. The van der Waals surface area contributed by atoms with E-state index in [9.17, 15) is 5.11 Å². The van der Waals surface area contributed by atoms with Crippen molar-refractivity contribution in [3.05, 3.63) is 18.2 Å². The number of methoxy groups -OCH3 is 1. The van der Waals surface area contributed by atoms with Crippen LogP contribution < -0.4 is 9.47 Å². The maximum Gasteiger partial charge on any atom is 0.164 e.